The molecule has 26 heavy (non-hydrogen) atoms. The third-order valence-corrected chi connectivity index (χ3v) is 5.44. The number of hydrogen-bond donors (Lipinski definition) is 1. The molecule has 1 N–H and O–H groups in total. The molecular weight excluding hydrogens is 332 g/mol. The maximum atomic E-state index is 12.6. The summed E-state index contributed by atoms with van der Waals surface area (Å²) in [7, 11) is 0. The second-order valence-corrected chi connectivity index (χ2v) is 7.24. The van der Waals surface area contributed by atoms with Crippen molar-refractivity contribution in [2.24, 2.45) is 5.41 Å². The molecule has 2 aromatic heterocycles. The van der Waals surface area contributed by atoms with E-state index in [2.05, 4.69) is 20.5 Å². The van der Waals surface area contributed by atoms with Crippen molar-refractivity contribution in [1.82, 2.24) is 30.2 Å². The molecule has 136 valence electrons. The molecule has 8 nitrogen and oxygen atoms in total. The molecule has 3 heterocycles. The Balaban J connectivity index is 1.34. The molecule has 4 rings (SSSR count). The molecule has 2 amide bonds. The van der Waals surface area contributed by atoms with Crippen LogP contribution in [0.4, 0.5) is 0 Å². The smallest absolute Gasteiger partial charge is 0.253 e. The zero-order chi connectivity index (χ0) is 18.1. The highest BCUT2D eigenvalue weighted by Crippen LogP contribution is 2.53. The summed E-state index contributed by atoms with van der Waals surface area (Å²) < 4.78 is 0. The number of hydrogen-bond acceptors (Lipinski definition) is 5. The normalized spacial score (nSPS) is 19.2. The summed E-state index contributed by atoms with van der Waals surface area (Å²) in [4.78, 5) is 32.4. The number of nitrogens with one attached hydrogen (secondary N) is 1. The van der Waals surface area contributed by atoms with Gasteiger partial charge in [0.05, 0.1) is 18.0 Å². The monoisotopic (exact) mass is 354 g/mol. The molecule has 0 bridgehead atoms. The highest BCUT2D eigenvalue weighted by atomic mass is 16.2. The number of nitrogens with zero attached hydrogens (tertiary/aromatic N) is 5. The lowest BCUT2D eigenvalue weighted by atomic mass is 9.93. The zero-order valence-electron chi connectivity index (χ0n) is 14.8. The van der Waals surface area contributed by atoms with Crippen LogP contribution in [0.25, 0.3) is 5.82 Å². The molecule has 0 unspecified atom stereocenters. The summed E-state index contributed by atoms with van der Waals surface area (Å²) in [5, 5.41) is 10.8. The van der Waals surface area contributed by atoms with Crippen molar-refractivity contribution in [3.8, 4) is 5.82 Å². The number of carbonyl (C=O) groups is 2. The topological polar surface area (TPSA) is 93.0 Å². The molecule has 8 heteroatoms. The Kier molecular flexibility index (Phi) is 4.18. The summed E-state index contributed by atoms with van der Waals surface area (Å²) in [6.45, 7) is 3.33. The van der Waals surface area contributed by atoms with Gasteiger partial charge in [0.2, 0.25) is 5.91 Å². The number of pyridine rings is 1. The summed E-state index contributed by atoms with van der Waals surface area (Å²) >= 11 is 0. The Morgan fingerprint density at radius 2 is 1.81 bits per heavy atom. The van der Waals surface area contributed by atoms with Crippen LogP contribution in [0.3, 0.4) is 0 Å². The summed E-state index contributed by atoms with van der Waals surface area (Å²) in [5.74, 6) is 0.200. The number of likely N-dealkylation sites (tertiary alicyclic amines) is 1. The molecule has 2 aliphatic rings. The molecule has 2 aromatic rings. The van der Waals surface area contributed by atoms with Gasteiger partial charge in [0.1, 0.15) is 6.04 Å². The Hall–Kier alpha value is -2.77. The molecule has 1 aliphatic carbocycles. The van der Waals surface area contributed by atoms with Gasteiger partial charge in [0, 0.05) is 19.3 Å². The van der Waals surface area contributed by atoms with Gasteiger partial charge in [0.25, 0.3) is 5.91 Å². The van der Waals surface area contributed by atoms with Crippen molar-refractivity contribution in [1.29, 1.82) is 0 Å². The summed E-state index contributed by atoms with van der Waals surface area (Å²) in [6, 6.07) is 2.76. The van der Waals surface area contributed by atoms with Crippen molar-refractivity contribution in [2.45, 2.75) is 38.6 Å². The maximum Gasteiger partial charge on any atom is 0.253 e. The SMILES string of the molecule is C[C@@H](NC(=O)c1ccc(-n2nccn2)nc1)C(=O)N1CCC2(CC1)CC2. The van der Waals surface area contributed by atoms with Crippen LogP contribution in [0.1, 0.15) is 43.0 Å². The van der Waals surface area contributed by atoms with E-state index in [0.717, 1.165) is 25.9 Å². The van der Waals surface area contributed by atoms with Gasteiger partial charge in [-0.25, -0.2) is 4.98 Å². The van der Waals surface area contributed by atoms with E-state index in [1.54, 1.807) is 31.5 Å². The number of rotatable bonds is 4. The first-order valence-electron chi connectivity index (χ1n) is 8.99. The molecular formula is C18H22N6O2. The Morgan fingerprint density at radius 1 is 1.12 bits per heavy atom. The first kappa shape index (κ1) is 16.7. The van der Waals surface area contributed by atoms with Crippen LogP contribution in [-0.4, -0.2) is 55.8 Å². The maximum absolute atomic E-state index is 12.6. The number of piperidine rings is 1. The van der Waals surface area contributed by atoms with Crippen LogP contribution in [0.2, 0.25) is 0 Å². The Bertz CT molecular complexity index is 788. The molecule has 0 radical (unpaired) electrons. The second-order valence-electron chi connectivity index (χ2n) is 7.24. The Morgan fingerprint density at radius 3 is 2.38 bits per heavy atom. The highest BCUT2D eigenvalue weighted by molar-refractivity contribution is 5.97. The molecule has 1 saturated carbocycles. The van der Waals surface area contributed by atoms with Gasteiger partial charge in [-0.15, -0.1) is 4.80 Å². The average molecular weight is 354 g/mol. The van der Waals surface area contributed by atoms with Gasteiger partial charge in [-0.3, -0.25) is 9.59 Å². The minimum atomic E-state index is -0.553. The third-order valence-electron chi connectivity index (χ3n) is 5.44. The predicted octanol–water partition coefficient (Wildman–Crippen LogP) is 1.18. The van der Waals surface area contributed by atoms with Crippen molar-refractivity contribution in [3.05, 3.63) is 36.3 Å². The molecule has 2 fully saturated rings. The van der Waals surface area contributed by atoms with Gasteiger partial charge in [-0.2, -0.15) is 10.2 Å². The van der Waals surface area contributed by atoms with Crippen molar-refractivity contribution >= 4 is 11.8 Å². The van der Waals surface area contributed by atoms with Crippen molar-refractivity contribution in [2.75, 3.05) is 13.1 Å². The fraction of sp³-hybridized carbons (Fsp3) is 0.500. The van der Waals surface area contributed by atoms with Crippen LogP contribution in [0.5, 0.6) is 0 Å². The van der Waals surface area contributed by atoms with E-state index in [0.29, 0.717) is 16.8 Å². The minimum Gasteiger partial charge on any atom is -0.341 e. The highest BCUT2D eigenvalue weighted by Gasteiger charge is 2.45. The van der Waals surface area contributed by atoms with Gasteiger partial charge in [0.15, 0.2) is 5.82 Å². The zero-order valence-corrected chi connectivity index (χ0v) is 14.8. The molecule has 1 aliphatic heterocycles. The van der Waals surface area contributed by atoms with E-state index in [4.69, 9.17) is 0 Å². The second kappa shape index (κ2) is 6.51. The van der Waals surface area contributed by atoms with Gasteiger partial charge < -0.3 is 10.2 Å². The first-order valence-corrected chi connectivity index (χ1v) is 8.99. The number of carbonyl (C=O) groups excluding carboxylic acids is 2. The Labute approximate surface area is 151 Å². The van der Waals surface area contributed by atoms with Gasteiger partial charge >= 0.3 is 0 Å². The molecule has 1 atom stereocenters. The van der Waals surface area contributed by atoms with E-state index >= 15 is 0 Å². The van der Waals surface area contributed by atoms with Crippen molar-refractivity contribution < 1.29 is 9.59 Å². The lowest BCUT2D eigenvalue weighted by Gasteiger charge is -2.33. The van der Waals surface area contributed by atoms with E-state index in [-0.39, 0.29) is 11.8 Å². The summed E-state index contributed by atoms with van der Waals surface area (Å²) in [6.07, 6.45) is 9.36. The largest absolute Gasteiger partial charge is 0.341 e. The van der Waals surface area contributed by atoms with E-state index < -0.39 is 6.04 Å². The van der Waals surface area contributed by atoms with Crippen molar-refractivity contribution in [3.63, 3.8) is 0 Å². The molecule has 1 spiro atoms. The van der Waals surface area contributed by atoms with Gasteiger partial charge in [-0.05, 0) is 50.2 Å². The van der Waals surface area contributed by atoms with Gasteiger partial charge in [-0.1, -0.05) is 0 Å². The fourth-order valence-electron chi connectivity index (χ4n) is 3.47. The van der Waals surface area contributed by atoms with E-state index in [1.165, 1.54) is 23.8 Å². The summed E-state index contributed by atoms with van der Waals surface area (Å²) in [5.41, 5.74) is 0.927. The van der Waals surface area contributed by atoms with E-state index in [1.807, 2.05) is 4.90 Å². The standard InChI is InChI=1S/C18H22N6O2/c1-13(17(26)23-10-6-18(4-5-18)7-11-23)22-16(25)14-2-3-15(19-12-14)24-20-8-9-21-24/h2-3,8-9,12-13H,4-7,10-11H2,1H3,(H,22,25)/t13-/m1/s1. The number of amides is 2. The third kappa shape index (κ3) is 3.31. The fourth-order valence-corrected chi connectivity index (χ4v) is 3.47. The lowest BCUT2D eigenvalue weighted by molar-refractivity contribution is -0.134. The predicted molar refractivity (Wildman–Crippen MR) is 93.6 cm³/mol. The first-order chi connectivity index (χ1) is 12.6. The molecule has 1 saturated heterocycles. The number of aromatic nitrogens is 4. The van der Waals surface area contributed by atoms with Crippen LogP contribution >= 0.6 is 0 Å². The van der Waals surface area contributed by atoms with E-state index in [9.17, 15) is 9.59 Å². The van der Waals surface area contributed by atoms with Crippen LogP contribution in [0.15, 0.2) is 30.7 Å². The van der Waals surface area contributed by atoms with Crippen LogP contribution in [-0.2, 0) is 4.79 Å². The quantitative estimate of drug-likeness (QED) is 0.890. The lowest BCUT2D eigenvalue weighted by Crippen LogP contribution is -2.49. The van der Waals surface area contributed by atoms with Crippen LogP contribution in [0, 0.1) is 5.41 Å². The minimum absolute atomic E-state index is 0.0147. The average Bonchev–Trinajstić information content (AvgIpc) is 3.20. The van der Waals surface area contributed by atoms with Crippen LogP contribution < -0.4 is 5.32 Å². The molecule has 0 aromatic carbocycles.